The lowest BCUT2D eigenvalue weighted by molar-refractivity contribution is -0.385. The molecule has 7 nitrogen and oxygen atoms in total. The van der Waals surface area contributed by atoms with Crippen LogP contribution >= 0.6 is 15.9 Å². The third kappa shape index (κ3) is 2.69. The van der Waals surface area contributed by atoms with Crippen LogP contribution in [0, 0.1) is 10.1 Å². The Bertz CT molecular complexity index is 794. The molecule has 0 atom stereocenters. The van der Waals surface area contributed by atoms with E-state index in [2.05, 4.69) is 15.9 Å². The van der Waals surface area contributed by atoms with Gasteiger partial charge >= 0.3 is 5.69 Å². The summed E-state index contributed by atoms with van der Waals surface area (Å²) in [7, 11) is 1.51. The molecule has 0 aliphatic carbocycles. The van der Waals surface area contributed by atoms with Crippen molar-refractivity contribution in [1.82, 2.24) is 9.13 Å². The van der Waals surface area contributed by atoms with Gasteiger partial charge in [0.1, 0.15) is 0 Å². The molecule has 2 rings (SSSR count). The Hall–Kier alpha value is -2.22. The van der Waals surface area contributed by atoms with Gasteiger partial charge in [0.25, 0.3) is 11.2 Å². The largest absolute Gasteiger partial charge is 0.331 e. The summed E-state index contributed by atoms with van der Waals surface area (Å²) in [5, 5.41) is 11.0. The van der Waals surface area contributed by atoms with Crippen molar-refractivity contribution in [2.45, 2.75) is 6.54 Å². The van der Waals surface area contributed by atoms with E-state index >= 15 is 0 Å². The predicted molar refractivity (Wildman–Crippen MR) is 75.8 cm³/mol. The first-order chi connectivity index (χ1) is 9.40. The first-order valence-electron chi connectivity index (χ1n) is 5.59. The number of aryl methyl sites for hydroxylation is 1. The maximum Gasteiger partial charge on any atom is 0.331 e. The lowest BCUT2D eigenvalue weighted by Crippen LogP contribution is -2.38. The van der Waals surface area contributed by atoms with Crippen molar-refractivity contribution in [3.63, 3.8) is 0 Å². The first kappa shape index (κ1) is 14.2. The van der Waals surface area contributed by atoms with Crippen LogP contribution in [0.3, 0.4) is 0 Å². The maximum atomic E-state index is 11.9. The fourth-order valence-electron chi connectivity index (χ4n) is 1.77. The van der Waals surface area contributed by atoms with Gasteiger partial charge < -0.3 is 4.57 Å². The third-order valence-electron chi connectivity index (χ3n) is 2.81. The molecule has 104 valence electrons. The Morgan fingerprint density at radius 2 is 2.00 bits per heavy atom. The van der Waals surface area contributed by atoms with Gasteiger partial charge in [0.2, 0.25) is 0 Å². The fourth-order valence-corrected chi connectivity index (χ4v) is 2.12. The summed E-state index contributed by atoms with van der Waals surface area (Å²) in [4.78, 5) is 34.1. The molecule has 0 saturated heterocycles. The lowest BCUT2D eigenvalue weighted by Gasteiger charge is -2.07. The highest BCUT2D eigenvalue weighted by molar-refractivity contribution is 9.10. The van der Waals surface area contributed by atoms with E-state index < -0.39 is 16.2 Å². The van der Waals surface area contributed by atoms with E-state index in [1.807, 2.05) is 0 Å². The summed E-state index contributed by atoms with van der Waals surface area (Å²) in [5.41, 5.74) is -0.860. The molecule has 0 amide bonds. The van der Waals surface area contributed by atoms with E-state index in [9.17, 15) is 19.7 Å². The molecule has 0 aliphatic heterocycles. The zero-order valence-corrected chi connectivity index (χ0v) is 12.0. The Morgan fingerprint density at radius 1 is 1.30 bits per heavy atom. The van der Waals surface area contributed by atoms with E-state index in [0.29, 0.717) is 10.0 Å². The highest BCUT2D eigenvalue weighted by atomic mass is 79.9. The molecule has 0 radical (unpaired) electrons. The fraction of sp³-hybridized carbons (Fsp3) is 0.167. The van der Waals surface area contributed by atoms with Gasteiger partial charge in [0.05, 0.1) is 11.5 Å². The Morgan fingerprint density at radius 3 is 2.65 bits per heavy atom. The van der Waals surface area contributed by atoms with Gasteiger partial charge in [-0.05, 0) is 12.1 Å². The van der Waals surface area contributed by atoms with E-state index in [1.54, 1.807) is 6.07 Å². The third-order valence-corrected chi connectivity index (χ3v) is 3.31. The van der Waals surface area contributed by atoms with Crippen LogP contribution in [0.1, 0.15) is 5.56 Å². The molecular formula is C12H10BrN3O4. The topological polar surface area (TPSA) is 87.1 Å². The van der Waals surface area contributed by atoms with Gasteiger partial charge in [-0.25, -0.2) is 4.79 Å². The molecule has 20 heavy (non-hydrogen) atoms. The normalized spacial score (nSPS) is 10.5. The number of aromatic nitrogens is 2. The number of nitro groups is 1. The number of benzene rings is 1. The van der Waals surface area contributed by atoms with Gasteiger partial charge in [0, 0.05) is 35.4 Å². The van der Waals surface area contributed by atoms with Crippen molar-refractivity contribution in [3.05, 3.63) is 71.5 Å². The lowest BCUT2D eigenvalue weighted by atomic mass is 10.2. The number of halogens is 1. The molecule has 8 heteroatoms. The smallest absolute Gasteiger partial charge is 0.303 e. The second kappa shape index (κ2) is 5.41. The Labute approximate surface area is 121 Å². The summed E-state index contributed by atoms with van der Waals surface area (Å²) in [6.45, 7) is -0.143. The van der Waals surface area contributed by atoms with Crippen LogP contribution in [0.4, 0.5) is 5.69 Å². The molecule has 1 aromatic carbocycles. The first-order valence-corrected chi connectivity index (χ1v) is 6.39. The van der Waals surface area contributed by atoms with E-state index in [0.717, 1.165) is 4.57 Å². The standard InChI is InChI=1S/C12H10BrN3O4/c1-14-5-4-11(17)15(12(14)18)7-8-2-3-9(13)6-10(8)16(19)20/h2-6H,7H2,1H3. The second-order valence-corrected chi connectivity index (χ2v) is 5.08. The van der Waals surface area contributed by atoms with Crippen LogP contribution in [0.25, 0.3) is 0 Å². The van der Waals surface area contributed by atoms with Gasteiger partial charge in [-0.15, -0.1) is 0 Å². The van der Waals surface area contributed by atoms with Crippen molar-refractivity contribution in [2.75, 3.05) is 0 Å². The van der Waals surface area contributed by atoms with Crippen LogP contribution < -0.4 is 11.2 Å². The highest BCUT2D eigenvalue weighted by Crippen LogP contribution is 2.23. The minimum Gasteiger partial charge on any atom is -0.303 e. The van der Waals surface area contributed by atoms with Crippen LogP contribution in [-0.2, 0) is 13.6 Å². The van der Waals surface area contributed by atoms with Crippen LogP contribution in [0.15, 0.2) is 44.5 Å². The molecule has 1 aromatic heterocycles. The molecule has 0 fully saturated rings. The SMILES string of the molecule is Cn1ccc(=O)n(Cc2ccc(Br)cc2[N+](=O)[O-])c1=O. The predicted octanol–water partition coefficient (Wildman–Crippen LogP) is 1.27. The summed E-state index contributed by atoms with van der Waals surface area (Å²) >= 11 is 3.15. The summed E-state index contributed by atoms with van der Waals surface area (Å²) in [6.07, 6.45) is 1.36. The van der Waals surface area contributed by atoms with Crippen LogP contribution in [0.2, 0.25) is 0 Å². The average molecular weight is 340 g/mol. The number of nitrogens with zero attached hydrogens (tertiary/aromatic N) is 3. The van der Waals surface area contributed by atoms with Crippen LogP contribution in [0.5, 0.6) is 0 Å². The number of rotatable bonds is 3. The second-order valence-electron chi connectivity index (χ2n) is 4.16. The monoisotopic (exact) mass is 339 g/mol. The van der Waals surface area contributed by atoms with Gasteiger partial charge in [-0.3, -0.25) is 19.5 Å². The summed E-state index contributed by atoms with van der Waals surface area (Å²) in [5.74, 6) is 0. The minimum atomic E-state index is -0.543. The summed E-state index contributed by atoms with van der Waals surface area (Å²) < 4.78 is 2.75. The average Bonchev–Trinajstić information content (AvgIpc) is 2.40. The number of nitro benzene ring substituents is 1. The summed E-state index contributed by atoms with van der Waals surface area (Å²) in [6, 6.07) is 5.72. The zero-order chi connectivity index (χ0) is 14.9. The minimum absolute atomic E-state index is 0.141. The van der Waals surface area contributed by atoms with Gasteiger partial charge in [0.15, 0.2) is 0 Å². The Kier molecular flexibility index (Phi) is 3.84. The molecule has 0 saturated carbocycles. The number of hydrogen-bond acceptors (Lipinski definition) is 4. The number of hydrogen-bond donors (Lipinski definition) is 0. The molecule has 0 unspecified atom stereocenters. The highest BCUT2D eigenvalue weighted by Gasteiger charge is 2.16. The maximum absolute atomic E-state index is 11.9. The van der Waals surface area contributed by atoms with E-state index in [1.165, 1.54) is 36.0 Å². The van der Waals surface area contributed by atoms with Crippen molar-refractivity contribution in [2.24, 2.45) is 7.05 Å². The van der Waals surface area contributed by atoms with Crippen molar-refractivity contribution < 1.29 is 4.92 Å². The molecule has 0 spiro atoms. The molecule has 2 aromatic rings. The molecule has 1 heterocycles. The van der Waals surface area contributed by atoms with Gasteiger partial charge in [-0.1, -0.05) is 15.9 Å². The van der Waals surface area contributed by atoms with Crippen molar-refractivity contribution in [1.29, 1.82) is 0 Å². The van der Waals surface area contributed by atoms with Gasteiger partial charge in [-0.2, -0.15) is 0 Å². The van der Waals surface area contributed by atoms with Crippen LogP contribution in [-0.4, -0.2) is 14.1 Å². The molecule has 0 aliphatic rings. The van der Waals surface area contributed by atoms with Crippen molar-refractivity contribution >= 4 is 21.6 Å². The molecule has 0 N–H and O–H groups in total. The zero-order valence-electron chi connectivity index (χ0n) is 10.4. The van der Waals surface area contributed by atoms with E-state index in [-0.39, 0.29) is 12.2 Å². The van der Waals surface area contributed by atoms with Crippen molar-refractivity contribution in [3.8, 4) is 0 Å². The Balaban J connectivity index is 2.57. The van der Waals surface area contributed by atoms with E-state index in [4.69, 9.17) is 0 Å². The quantitative estimate of drug-likeness (QED) is 0.622. The molecular weight excluding hydrogens is 330 g/mol. The molecule has 0 bridgehead atoms.